The second-order valence-corrected chi connectivity index (χ2v) is 4.72. The van der Waals surface area contributed by atoms with E-state index in [1.165, 1.54) is 0 Å². The van der Waals surface area contributed by atoms with Gasteiger partial charge in [-0.05, 0) is 37.1 Å². The number of rotatable bonds is 3. The largest absolute Gasteiger partial charge is 0.300 e. The summed E-state index contributed by atoms with van der Waals surface area (Å²) in [6.45, 7) is 0. The molecular formula is C14H17N3O. The number of ketones is 1. The number of carbonyl (C=O) groups is 1. The summed E-state index contributed by atoms with van der Waals surface area (Å²) in [5.74, 6) is 0.395. The van der Waals surface area contributed by atoms with E-state index in [2.05, 4.69) is 14.5 Å². The van der Waals surface area contributed by atoms with Crippen molar-refractivity contribution in [3.63, 3.8) is 0 Å². The van der Waals surface area contributed by atoms with Crippen LogP contribution in [0.5, 0.6) is 0 Å². The highest BCUT2D eigenvalue weighted by atomic mass is 16.1. The molecule has 0 atom stereocenters. The molecule has 1 saturated carbocycles. The Labute approximate surface area is 106 Å². The molecule has 2 aromatic rings. The molecule has 4 heteroatoms. The standard InChI is InChI=1S/C14H17N3O/c18-14-7-5-13(6-8-14)17(15-9-1-2-10-15)16-11-3-4-12-16/h1-4,9-13H,5-8H2. The molecule has 1 aliphatic carbocycles. The van der Waals surface area contributed by atoms with Gasteiger partial charge in [-0.25, -0.2) is 5.12 Å². The summed E-state index contributed by atoms with van der Waals surface area (Å²) in [7, 11) is 0. The fraction of sp³-hybridized carbons (Fsp3) is 0.357. The predicted octanol–water partition coefficient (Wildman–Crippen LogP) is 2.20. The fourth-order valence-electron chi connectivity index (χ4n) is 2.58. The van der Waals surface area contributed by atoms with Gasteiger partial charge in [0.1, 0.15) is 5.78 Å². The molecule has 0 aromatic carbocycles. The van der Waals surface area contributed by atoms with Gasteiger partial charge in [0.05, 0.1) is 6.04 Å². The Morgan fingerprint density at radius 1 is 0.889 bits per heavy atom. The maximum absolute atomic E-state index is 11.4. The van der Waals surface area contributed by atoms with Gasteiger partial charge in [-0.2, -0.15) is 0 Å². The molecule has 0 N–H and O–H groups in total. The maximum atomic E-state index is 11.4. The van der Waals surface area contributed by atoms with E-state index < -0.39 is 0 Å². The van der Waals surface area contributed by atoms with Gasteiger partial charge in [0, 0.05) is 37.6 Å². The highest BCUT2D eigenvalue weighted by Crippen LogP contribution is 2.20. The molecule has 1 fully saturated rings. The Bertz CT molecular complexity index is 457. The van der Waals surface area contributed by atoms with E-state index in [-0.39, 0.29) is 0 Å². The third-order valence-corrected chi connectivity index (χ3v) is 3.49. The molecule has 2 aromatic heterocycles. The van der Waals surface area contributed by atoms with Crippen molar-refractivity contribution in [2.45, 2.75) is 31.7 Å². The van der Waals surface area contributed by atoms with Crippen molar-refractivity contribution in [3.05, 3.63) is 49.1 Å². The first-order chi connectivity index (χ1) is 8.84. The van der Waals surface area contributed by atoms with Crippen LogP contribution in [0.3, 0.4) is 0 Å². The summed E-state index contributed by atoms with van der Waals surface area (Å²) >= 11 is 0. The van der Waals surface area contributed by atoms with Gasteiger partial charge in [-0.15, -0.1) is 0 Å². The molecule has 4 nitrogen and oxygen atoms in total. The van der Waals surface area contributed by atoms with Gasteiger partial charge in [0.2, 0.25) is 0 Å². The third-order valence-electron chi connectivity index (χ3n) is 3.49. The SMILES string of the molecule is O=C1CCC(N(n2cccc2)n2cccc2)CC1. The Morgan fingerprint density at radius 3 is 1.78 bits per heavy atom. The number of aromatic nitrogens is 2. The first-order valence-electron chi connectivity index (χ1n) is 6.42. The topological polar surface area (TPSA) is 30.2 Å². The van der Waals surface area contributed by atoms with Crippen LogP contribution in [-0.4, -0.2) is 21.2 Å². The van der Waals surface area contributed by atoms with E-state index in [1.54, 1.807) is 0 Å². The number of carbonyl (C=O) groups excluding carboxylic acids is 1. The van der Waals surface area contributed by atoms with Crippen LogP contribution >= 0.6 is 0 Å². The molecule has 0 bridgehead atoms. The highest BCUT2D eigenvalue weighted by molar-refractivity contribution is 5.79. The summed E-state index contributed by atoms with van der Waals surface area (Å²) < 4.78 is 4.17. The minimum absolute atomic E-state index is 0.377. The van der Waals surface area contributed by atoms with Crippen LogP contribution in [0.4, 0.5) is 0 Å². The van der Waals surface area contributed by atoms with Crippen LogP contribution in [-0.2, 0) is 4.79 Å². The van der Waals surface area contributed by atoms with Gasteiger partial charge in [-0.3, -0.25) is 14.1 Å². The lowest BCUT2D eigenvalue weighted by Crippen LogP contribution is -2.48. The zero-order valence-electron chi connectivity index (χ0n) is 10.3. The minimum Gasteiger partial charge on any atom is -0.300 e. The Morgan fingerprint density at radius 2 is 1.33 bits per heavy atom. The van der Waals surface area contributed by atoms with Crippen LogP contribution in [0.2, 0.25) is 0 Å². The second kappa shape index (κ2) is 4.72. The van der Waals surface area contributed by atoms with Crippen molar-refractivity contribution in [2.24, 2.45) is 0 Å². The van der Waals surface area contributed by atoms with Crippen LogP contribution in [0.15, 0.2) is 49.1 Å². The average Bonchev–Trinajstić information content (AvgIpc) is 3.06. The summed E-state index contributed by atoms with van der Waals surface area (Å²) in [5, 5.41) is 2.21. The van der Waals surface area contributed by atoms with Crippen LogP contribution < -0.4 is 5.12 Å². The molecule has 1 aliphatic rings. The third kappa shape index (κ3) is 2.06. The van der Waals surface area contributed by atoms with Gasteiger partial charge < -0.3 is 0 Å². The highest BCUT2D eigenvalue weighted by Gasteiger charge is 2.25. The van der Waals surface area contributed by atoms with E-state index in [0.717, 1.165) is 12.8 Å². The first kappa shape index (κ1) is 11.1. The van der Waals surface area contributed by atoms with Crippen molar-refractivity contribution in [3.8, 4) is 0 Å². The lowest BCUT2D eigenvalue weighted by Gasteiger charge is -2.36. The van der Waals surface area contributed by atoms with Gasteiger partial charge in [0.25, 0.3) is 0 Å². The predicted molar refractivity (Wildman–Crippen MR) is 69.7 cm³/mol. The molecule has 0 amide bonds. The smallest absolute Gasteiger partial charge is 0.133 e. The van der Waals surface area contributed by atoms with Crippen LogP contribution in [0, 0.1) is 0 Å². The van der Waals surface area contributed by atoms with Crippen LogP contribution in [0.25, 0.3) is 0 Å². The van der Waals surface area contributed by atoms with E-state index in [4.69, 9.17) is 0 Å². The fourth-order valence-corrected chi connectivity index (χ4v) is 2.58. The molecule has 0 saturated heterocycles. The van der Waals surface area contributed by atoms with Crippen molar-refractivity contribution >= 4 is 5.78 Å². The van der Waals surface area contributed by atoms with Crippen molar-refractivity contribution in [1.82, 2.24) is 9.35 Å². The second-order valence-electron chi connectivity index (χ2n) is 4.72. The molecule has 0 unspecified atom stereocenters. The number of hydrogen-bond acceptors (Lipinski definition) is 2. The zero-order valence-corrected chi connectivity index (χ0v) is 10.3. The molecule has 18 heavy (non-hydrogen) atoms. The van der Waals surface area contributed by atoms with Gasteiger partial charge >= 0.3 is 0 Å². The minimum atomic E-state index is 0.377. The number of Topliss-reactive ketones (excluding diaryl/α,β-unsaturated/α-hetero) is 1. The molecule has 0 radical (unpaired) electrons. The van der Waals surface area contributed by atoms with Gasteiger partial charge in [-0.1, -0.05) is 0 Å². The lowest BCUT2D eigenvalue weighted by atomic mass is 9.94. The number of hydrogen-bond donors (Lipinski definition) is 0. The first-order valence-corrected chi connectivity index (χ1v) is 6.42. The Hall–Kier alpha value is -1.97. The summed E-state index contributed by atoms with van der Waals surface area (Å²) in [6, 6.07) is 8.45. The monoisotopic (exact) mass is 243 g/mol. The Balaban J connectivity index is 1.88. The van der Waals surface area contributed by atoms with E-state index in [0.29, 0.717) is 24.7 Å². The van der Waals surface area contributed by atoms with Crippen molar-refractivity contribution < 1.29 is 4.79 Å². The number of nitrogens with zero attached hydrogens (tertiary/aromatic N) is 3. The summed E-state index contributed by atoms with van der Waals surface area (Å²) in [6.07, 6.45) is 11.4. The molecule has 0 aliphatic heterocycles. The quantitative estimate of drug-likeness (QED) is 0.827. The van der Waals surface area contributed by atoms with Gasteiger partial charge in [0.15, 0.2) is 0 Å². The maximum Gasteiger partial charge on any atom is 0.133 e. The summed E-state index contributed by atoms with van der Waals surface area (Å²) in [5.41, 5.74) is 0. The molecule has 2 heterocycles. The van der Waals surface area contributed by atoms with E-state index in [9.17, 15) is 4.79 Å². The van der Waals surface area contributed by atoms with Crippen molar-refractivity contribution in [1.29, 1.82) is 0 Å². The van der Waals surface area contributed by atoms with E-state index in [1.807, 2.05) is 49.1 Å². The summed E-state index contributed by atoms with van der Waals surface area (Å²) in [4.78, 5) is 11.4. The van der Waals surface area contributed by atoms with Crippen LogP contribution in [0.1, 0.15) is 25.7 Å². The lowest BCUT2D eigenvalue weighted by molar-refractivity contribution is -0.120. The molecule has 3 rings (SSSR count). The molecular weight excluding hydrogens is 226 g/mol. The normalized spacial score (nSPS) is 17.0. The molecule has 94 valence electrons. The zero-order chi connectivity index (χ0) is 12.4. The molecule has 0 spiro atoms. The average molecular weight is 243 g/mol. The Kier molecular flexibility index (Phi) is 2.92. The van der Waals surface area contributed by atoms with E-state index >= 15 is 0 Å². The van der Waals surface area contributed by atoms with Crippen molar-refractivity contribution in [2.75, 3.05) is 5.12 Å².